The molecule has 1 aromatic heterocycles. The number of hydrogen-bond acceptors (Lipinski definition) is 2. The van der Waals surface area contributed by atoms with Crippen molar-refractivity contribution < 1.29 is 9.21 Å². The topological polar surface area (TPSA) is 33.5 Å². The lowest BCUT2D eigenvalue weighted by molar-refractivity contribution is 0.0700. The van der Waals surface area contributed by atoms with Crippen molar-refractivity contribution in [2.24, 2.45) is 0 Å². The molecular weight excluding hydrogens is 306 g/mol. The molecule has 0 aliphatic carbocycles. The Hall–Kier alpha value is -1.29. The Morgan fingerprint density at radius 3 is 3.05 bits per heavy atom. The molecule has 0 spiro atoms. The normalized spacial score (nSPS) is 19.9. The van der Waals surface area contributed by atoms with E-state index < -0.39 is 0 Å². The van der Waals surface area contributed by atoms with Gasteiger partial charge in [0.05, 0.1) is 0 Å². The van der Waals surface area contributed by atoms with E-state index in [0.29, 0.717) is 10.6 Å². The van der Waals surface area contributed by atoms with Gasteiger partial charge in [0.25, 0.3) is 5.91 Å². The van der Waals surface area contributed by atoms with Crippen LogP contribution in [0.4, 0.5) is 0 Å². The van der Waals surface area contributed by atoms with Gasteiger partial charge in [0.15, 0.2) is 5.76 Å². The van der Waals surface area contributed by atoms with E-state index in [1.165, 1.54) is 5.56 Å². The standard InChI is InChI=1S/C15H16BrNO2/c1-10-4-5-13-11(7-10)8-14(19-13)15(18)17-6-2-3-12(16)9-17/h4-5,7-8,12H,2-3,6,9H2,1H3. The summed E-state index contributed by atoms with van der Waals surface area (Å²) in [4.78, 5) is 14.7. The highest BCUT2D eigenvalue weighted by molar-refractivity contribution is 9.09. The minimum atomic E-state index is -0.00185. The van der Waals surface area contributed by atoms with Crippen LogP contribution in [0, 0.1) is 6.92 Å². The summed E-state index contributed by atoms with van der Waals surface area (Å²) in [6.45, 7) is 3.61. The van der Waals surface area contributed by atoms with Gasteiger partial charge in [-0.15, -0.1) is 0 Å². The second-order valence-corrected chi connectivity index (χ2v) is 6.44. The maximum absolute atomic E-state index is 12.4. The number of halogens is 1. The second-order valence-electron chi connectivity index (χ2n) is 5.14. The Morgan fingerprint density at radius 1 is 1.42 bits per heavy atom. The van der Waals surface area contributed by atoms with Crippen molar-refractivity contribution in [3.05, 3.63) is 35.6 Å². The number of furan rings is 1. The third-order valence-electron chi connectivity index (χ3n) is 3.53. The number of amides is 1. The van der Waals surface area contributed by atoms with E-state index in [2.05, 4.69) is 15.9 Å². The summed E-state index contributed by atoms with van der Waals surface area (Å²) in [5, 5.41) is 0.996. The minimum absolute atomic E-state index is 0.00185. The molecule has 0 N–H and O–H groups in total. The van der Waals surface area contributed by atoms with Crippen LogP contribution in [0.15, 0.2) is 28.7 Å². The summed E-state index contributed by atoms with van der Waals surface area (Å²) in [6, 6.07) is 7.81. The van der Waals surface area contributed by atoms with E-state index in [0.717, 1.165) is 36.9 Å². The first-order valence-corrected chi connectivity index (χ1v) is 7.48. The zero-order chi connectivity index (χ0) is 13.4. The first-order chi connectivity index (χ1) is 9.13. The van der Waals surface area contributed by atoms with Gasteiger partial charge in [0.1, 0.15) is 5.58 Å². The summed E-state index contributed by atoms with van der Waals surface area (Å²) in [5.41, 5.74) is 1.95. The van der Waals surface area contributed by atoms with E-state index in [9.17, 15) is 4.79 Å². The number of hydrogen-bond donors (Lipinski definition) is 0. The molecule has 19 heavy (non-hydrogen) atoms. The van der Waals surface area contributed by atoms with E-state index in [-0.39, 0.29) is 5.91 Å². The quantitative estimate of drug-likeness (QED) is 0.750. The SMILES string of the molecule is Cc1ccc2oc(C(=O)N3CCCC(Br)C3)cc2c1. The van der Waals surface area contributed by atoms with E-state index in [4.69, 9.17) is 4.42 Å². The maximum atomic E-state index is 12.4. The Morgan fingerprint density at radius 2 is 2.26 bits per heavy atom. The van der Waals surface area contributed by atoms with Crippen LogP contribution < -0.4 is 0 Å². The third kappa shape index (κ3) is 2.54. The molecule has 1 fully saturated rings. The molecule has 1 aliphatic heterocycles. The van der Waals surface area contributed by atoms with Crippen LogP contribution in [-0.4, -0.2) is 28.7 Å². The van der Waals surface area contributed by atoms with E-state index in [1.54, 1.807) is 0 Å². The molecule has 1 atom stereocenters. The lowest BCUT2D eigenvalue weighted by atomic mass is 10.1. The van der Waals surface area contributed by atoms with Crippen molar-refractivity contribution in [3.8, 4) is 0 Å². The van der Waals surface area contributed by atoms with Crippen molar-refractivity contribution in [1.29, 1.82) is 0 Å². The molecule has 2 aromatic rings. The van der Waals surface area contributed by atoms with Crippen LogP contribution in [0.1, 0.15) is 29.0 Å². The number of piperidine rings is 1. The van der Waals surface area contributed by atoms with Crippen molar-refractivity contribution in [1.82, 2.24) is 4.90 Å². The van der Waals surface area contributed by atoms with Crippen LogP contribution in [0.25, 0.3) is 11.0 Å². The van der Waals surface area contributed by atoms with Crippen LogP contribution in [0.2, 0.25) is 0 Å². The van der Waals surface area contributed by atoms with Gasteiger partial charge in [-0.05, 0) is 38.0 Å². The van der Waals surface area contributed by atoms with Crippen LogP contribution in [0.3, 0.4) is 0 Å². The monoisotopic (exact) mass is 321 g/mol. The van der Waals surface area contributed by atoms with Crippen LogP contribution in [0.5, 0.6) is 0 Å². The molecule has 0 radical (unpaired) electrons. The van der Waals surface area contributed by atoms with Crippen molar-refractivity contribution >= 4 is 32.8 Å². The lowest BCUT2D eigenvalue weighted by Gasteiger charge is -2.29. The number of benzene rings is 1. The minimum Gasteiger partial charge on any atom is -0.451 e. The molecule has 3 rings (SSSR count). The number of alkyl halides is 1. The Labute approximate surface area is 120 Å². The number of aryl methyl sites for hydroxylation is 1. The highest BCUT2D eigenvalue weighted by Gasteiger charge is 2.25. The zero-order valence-corrected chi connectivity index (χ0v) is 12.4. The number of carbonyl (C=O) groups is 1. The van der Waals surface area contributed by atoms with Gasteiger partial charge in [0, 0.05) is 23.3 Å². The molecule has 2 heterocycles. The maximum Gasteiger partial charge on any atom is 0.289 e. The summed E-state index contributed by atoms with van der Waals surface area (Å²) in [6.07, 6.45) is 2.17. The smallest absolute Gasteiger partial charge is 0.289 e. The predicted molar refractivity (Wildman–Crippen MR) is 78.8 cm³/mol. The predicted octanol–water partition coefficient (Wildman–Crippen LogP) is 3.74. The molecule has 1 aromatic carbocycles. The summed E-state index contributed by atoms with van der Waals surface area (Å²) in [7, 11) is 0. The molecule has 4 heteroatoms. The summed E-state index contributed by atoms with van der Waals surface area (Å²) in [5.74, 6) is 0.445. The van der Waals surface area contributed by atoms with Crippen molar-refractivity contribution in [3.63, 3.8) is 0 Å². The van der Waals surface area contributed by atoms with Gasteiger partial charge in [-0.2, -0.15) is 0 Å². The van der Waals surface area contributed by atoms with Gasteiger partial charge >= 0.3 is 0 Å². The van der Waals surface area contributed by atoms with Crippen molar-refractivity contribution in [2.45, 2.75) is 24.6 Å². The average Bonchev–Trinajstić information content (AvgIpc) is 2.80. The lowest BCUT2D eigenvalue weighted by Crippen LogP contribution is -2.40. The van der Waals surface area contributed by atoms with E-state index >= 15 is 0 Å². The van der Waals surface area contributed by atoms with Crippen LogP contribution >= 0.6 is 15.9 Å². The van der Waals surface area contributed by atoms with Crippen LogP contribution in [-0.2, 0) is 0 Å². The molecular formula is C15H16BrNO2. The molecule has 1 aliphatic rings. The molecule has 3 nitrogen and oxygen atoms in total. The molecule has 1 saturated heterocycles. The Bertz CT molecular complexity index is 620. The van der Waals surface area contributed by atoms with E-state index in [1.807, 2.05) is 36.1 Å². The molecule has 0 bridgehead atoms. The fourth-order valence-electron chi connectivity index (χ4n) is 2.53. The van der Waals surface area contributed by atoms with Gasteiger partial charge in [-0.1, -0.05) is 27.6 Å². The fraction of sp³-hybridized carbons (Fsp3) is 0.400. The summed E-state index contributed by atoms with van der Waals surface area (Å²) < 4.78 is 5.67. The molecule has 0 saturated carbocycles. The largest absolute Gasteiger partial charge is 0.451 e. The fourth-order valence-corrected chi connectivity index (χ4v) is 3.21. The Kier molecular flexibility index (Phi) is 3.35. The first-order valence-electron chi connectivity index (χ1n) is 6.57. The second kappa shape index (κ2) is 5.00. The Balaban J connectivity index is 1.88. The van der Waals surface area contributed by atoms with Crippen molar-refractivity contribution in [2.75, 3.05) is 13.1 Å². The third-order valence-corrected chi connectivity index (χ3v) is 4.28. The zero-order valence-electron chi connectivity index (χ0n) is 10.9. The highest BCUT2D eigenvalue weighted by Crippen LogP contribution is 2.24. The number of nitrogens with zero attached hydrogens (tertiary/aromatic N) is 1. The number of rotatable bonds is 1. The number of likely N-dealkylation sites (tertiary alicyclic amines) is 1. The molecule has 1 amide bonds. The average molecular weight is 322 g/mol. The van der Waals surface area contributed by atoms with Gasteiger partial charge in [0.2, 0.25) is 0 Å². The van der Waals surface area contributed by atoms with Gasteiger partial charge < -0.3 is 9.32 Å². The first kappa shape index (κ1) is 12.7. The molecule has 1 unspecified atom stereocenters. The summed E-state index contributed by atoms with van der Waals surface area (Å²) >= 11 is 3.59. The number of fused-ring (bicyclic) bond motifs is 1. The van der Waals surface area contributed by atoms with Gasteiger partial charge in [-0.25, -0.2) is 0 Å². The number of carbonyl (C=O) groups excluding carboxylic acids is 1. The highest BCUT2D eigenvalue weighted by atomic mass is 79.9. The van der Waals surface area contributed by atoms with Gasteiger partial charge in [-0.3, -0.25) is 4.79 Å². The molecule has 100 valence electrons.